The number of nitriles is 3. The number of rotatable bonds is 0. The Hall–Kier alpha value is -1.32. The molecule has 0 aromatic carbocycles. The fourth-order valence-electron chi connectivity index (χ4n) is 1.07. The normalized spacial score (nSPS) is 21.1. The van der Waals surface area contributed by atoms with Crippen molar-refractivity contribution in [2.24, 2.45) is 5.92 Å². The van der Waals surface area contributed by atoms with Gasteiger partial charge in [0.25, 0.3) is 0 Å². The highest BCUT2D eigenvalue weighted by atomic mass is 127. The van der Waals surface area contributed by atoms with Crippen molar-refractivity contribution in [2.45, 2.75) is 6.42 Å². The fourth-order valence-corrected chi connectivity index (χ4v) is 1.71. The molecule has 0 saturated carbocycles. The summed E-state index contributed by atoms with van der Waals surface area (Å²) in [6.45, 7) is 0. The molecule has 0 amide bonds. The first-order valence-electron chi connectivity index (χ1n) is 3.53. The largest absolute Gasteiger partial charge is 0.198 e. The van der Waals surface area contributed by atoms with E-state index >= 15 is 0 Å². The second-order valence-electron chi connectivity index (χ2n) is 2.54. The second-order valence-corrected chi connectivity index (χ2v) is 3.61. The molecule has 0 aromatic heterocycles. The van der Waals surface area contributed by atoms with Crippen LogP contribution >= 0.6 is 22.6 Å². The van der Waals surface area contributed by atoms with Gasteiger partial charge in [-0.15, -0.1) is 0 Å². The maximum Gasteiger partial charge on any atom is 0.1000 e. The Bertz CT molecular complexity index is 412. The minimum atomic E-state index is -0.331. The summed E-state index contributed by atoms with van der Waals surface area (Å²) in [4.78, 5) is 0. The van der Waals surface area contributed by atoms with Crippen LogP contribution in [0.1, 0.15) is 6.42 Å². The van der Waals surface area contributed by atoms with Crippen molar-refractivity contribution >= 4 is 22.6 Å². The lowest BCUT2D eigenvalue weighted by Gasteiger charge is -2.11. The van der Waals surface area contributed by atoms with E-state index in [1.807, 2.05) is 40.8 Å². The van der Waals surface area contributed by atoms with Gasteiger partial charge in [0, 0.05) is 15.6 Å². The standard InChI is InChI=1S/C9H4IN3/c10-9-7(4-12)1-6(3-11)2-8(9)5-13/h1,6H,2H2. The van der Waals surface area contributed by atoms with Gasteiger partial charge in [-0.2, -0.15) is 15.8 Å². The van der Waals surface area contributed by atoms with Gasteiger partial charge in [-0.05, 0) is 28.7 Å². The summed E-state index contributed by atoms with van der Waals surface area (Å²) in [5, 5.41) is 26.1. The molecule has 1 aliphatic rings. The van der Waals surface area contributed by atoms with Crippen molar-refractivity contribution in [3.8, 4) is 18.2 Å². The molecule has 0 spiro atoms. The van der Waals surface area contributed by atoms with Crippen molar-refractivity contribution in [3.63, 3.8) is 0 Å². The number of hydrogen-bond donors (Lipinski definition) is 0. The Morgan fingerprint density at radius 2 is 2.00 bits per heavy atom. The van der Waals surface area contributed by atoms with Gasteiger partial charge in [-0.25, -0.2) is 0 Å². The molecule has 13 heavy (non-hydrogen) atoms. The smallest absolute Gasteiger partial charge is 0.1000 e. The molecule has 1 unspecified atom stereocenters. The summed E-state index contributed by atoms with van der Waals surface area (Å²) in [6, 6.07) is 6.02. The van der Waals surface area contributed by atoms with Crippen LogP contribution in [0.2, 0.25) is 0 Å². The Morgan fingerprint density at radius 1 is 1.31 bits per heavy atom. The summed E-state index contributed by atoms with van der Waals surface area (Å²) in [7, 11) is 0. The molecule has 1 rings (SSSR count). The van der Waals surface area contributed by atoms with Crippen LogP contribution in [0.5, 0.6) is 0 Å². The van der Waals surface area contributed by atoms with E-state index < -0.39 is 0 Å². The van der Waals surface area contributed by atoms with Crippen LogP contribution in [0.4, 0.5) is 0 Å². The van der Waals surface area contributed by atoms with Crippen LogP contribution < -0.4 is 0 Å². The fraction of sp³-hybridized carbons (Fsp3) is 0.222. The molecular formula is C9H4IN3. The molecule has 0 radical (unpaired) electrons. The molecule has 3 nitrogen and oxygen atoms in total. The first-order valence-corrected chi connectivity index (χ1v) is 4.61. The highest BCUT2D eigenvalue weighted by Gasteiger charge is 2.20. The average Bonchev–Trinajstić information content (AvgIpc) is 2.18. The Balaban J connectivity index is 3.16. The Labute approximate surface area is 89.7 Å². The molecule has 0 aromatic rings. The predicted molar refractivity (Wildman–Crippen MR) is 54.1 cm³/mol. The SMILES string of the molecule is N#CC1=CC(C#N)CC(C#N)=C1I. The van der Waals surface area contributed by atoms with Gasteiger partial charge in [0.05, 0.1) is 29.7 Å². The zero-order valence-corrected chi connectivity index (χ0v) is 8.74. The van der Waals surface area contributed by atoms with Gasteiger partial charge in [0.15, 0.2) is 0 Å². The molecule has 62 valence electrons. The molecule has 4 heteroatoms. The summed E-state index contributed by atoms with van der Waals surface area (Å²) < 4.78 is 0.675. The first-order chi connectivity index (χ1) is 6.22. The minimum Gasteiger partial charge on any atom is -0.198 e. The zero-order valence-electron chi connectivity index (χ0n) is 6.58. The quantitative estimate of drug-likeness (QED) is 0.639. The molecular weight excluding hydrogens is 277 g/mol. The second kappa shape index (κ2) is 4.07. The van der Waals surface area contributed by atoms with Crippen LogP contribution in [-0.2, 0) is 0 Å². The van der Waals surface area contributed by atoms with Crippen molar-refractivity contribution in [1.29, 1.82) is 15.8 Å². The molecule has 0 N–H and O–H groups in total. The summed E-state index contributed by atoms with van der Waals surface area (Å²) in [5.41, 5.74) is 0.973. The third-order valence-electron chi connectivity index (χ3n) is 1.71. The summed E-state index contributed by atoms with van der Waals surface area (Å²) in [6.07, 6.45) is 2.04. The summed E-state index contributed by atoms with van der Waals surface area (Å²) in [5.74, 6) is -0.331. The van der Waals surface area contributed by atoms with E-state index in [9.17, 15) is 0 Å². The molecule has 0 bridgehead atoms. The van der Waals surface area contributed by atoms with Gasteiger partial charge >= 0.3 is 0 Å². The van der Waals surface area contributed by atoms with Crippen LogP contribution in [0.25, 0.3) is 0 Å². The third-order valence-corrected chi connectivity index (χ3v) is 2.95. The van der Waals surface area contributed by atoms with Crippen LogP contribution in [0.3, 0.4) is 0 Å². The van der Waals surface area contributed by atoms with Crippen molar-refractivity contribution < 1.29 is 0 Å². The van der Waals surface area contributed by atoms with Crippen LogP contribution in [0.15, 0.2) is 20.8 Å². The molecule has 1 atom stereocenters. The molecule has 0 aliphatic heterocycles. The topological polar surface area (TPSA) is 71.4 Å². The van der Waals surface area contributed by atoms with E-state index in [0.717, 1.165) is 0 Å². The minimum absolute atomic E-state index is 0.331. The number of allylic oxidation sites excluding steroid dienone is 4. The van der Waals surface area contributed by atoms with Crippen molar-refractivity contribution in [3.05, 3.63) is 20.8 Å². The zero-order chi connectivity index (χ0) is 9.84. The lowest BCUT2D eigenvalue weighted by Crippen LogP contribution is -2.03. The van der Waals surface area contributed by atoms with Gasteiger partial charge in [-0.3, -0.25) is 0 Å². The monoisotopic (exact) mass is 281 g/mol. The van der Waals surface area contributed by atoms with Gasteiger partial charge in [0.2, 0.25) is 0 Å². The van der Waals surface area contributed by atoms with E-state index in [-0.39, 0.29) is 5.92 Å². The van der Waals surface area contributed by atoms with Gasteiger partial charge in [-0.1, -0.05) is 0 Å². The van der Waals surface area contributed by atoms with Crippen LogP contribution in [0, 0.1) is 39.9 Å². The van der Waals surface area contributed by atoms with E-state index in [1.165, 1.54) is 0 Å². The summed E-state index contributed by atoms with van der Waals surface area (Å²) >= 11 is 1.96. The number of hydrogen-bond acceptors (Lipinski definition) is 3. The van der Waals surface area contributed by atoms with E-state index in [1.54, 1.807) is 6.08 Å². The van der Waals surface area contributed by atoms with E-state index in [2.05, 4.69) is 0 Å². The number of halogens is 1. The van der Waals surface area contributed by atoms with Crippen molar-refractivity contribution in [1.82, 2.24) is 0 Å². The number of nitrogens with zero attached hydrogens (tertiary/aromatic N) is 3. The molecule has 0 fully saturated rings. The lowest BCUT2D eigenvalue weighted by atomic mass is 9.92. The van der Waals surface area contributed by atoms with Crippen molar-refractivity contribution in [2.75, 3.05) is 0 Å². The molecule has 0 heterocycles. The average molecular weight is 281 g/mol. The highest BCUT2D eigenvalue weighted by molar-refractivity contribution is 14.1. The van der Waals surface area contributed by atoms with E-state index in [0.29, 0.717) is 21.1 Å². The first kappa shape index (κ1) is 9.77. The maximum atomic E-state index is 8.73. The maximum absolute atomic E-state index is 8.73. The van der Waals surface area contributed by atoms with Gasteiger partial charge < -0.3 is 0 Å². The Morgan fingerprint density at radius 3 is 2.46 bits per heavy atom. The lowest BCUT2D eigenvalue weighted by molar-refractivity contribution is 0.808. The molecule has 1 aliphatic carbocycles. The highest BCUT2D eigenvalue weighted by Crippen LogP contribution is 2.32. The third kappa shape index (κ3) is 1.88. The van der Waals surface area contributed by atoms with E-state index in [4.69, 9.17) is 15.8 Å². The Kier molecular flexibility index (Phi) is 3.06. The molecule has 0 saturated heterocycles. The predicted octanol–water partition coefficient (Wildman–Crippen LogP) is 2.19. The van der Waals surface area contributed by atoms with Gasteiger partial charge in [0.1, 0.15) is 0 Å². The van der Waals surface area contributed by atoms with Crippen LogP contribution in [-0.4, -0.2) is 0 Å².